The molecule has 0 aliphatic rings. The first-order valence-corrected chi connectivity index (χ1v) is 8.62. The van der Waals surface area contributed by atoms with E-state index in [9.17, 15) is 9.59 Å². The van der Waals surface area contributed by atoms with Gasteiger partial charge < -0.3 is 9.47 Å². The summed E-state index contributed by atoms with van der Waals surface area (Å²) in [6, 6.07) is 16.4. The second-order valence-corrected chi connectivity index (χ2v) is 6.23. The molecule has 0 heterocycles. The van der Waals surface area contributed by atoms with Gasteiger partial charge in [-0.25, -0.2) is 0 Å². The molecule has 0 aliphatic heterocycles. The predicted octanol–water partition coefficient (Wildman–Crippen LogP) is 4.34. The van der Waals surface area contributed by atoms with Gasteiger partial charge in [-0.2, -0.15) is 0 Å². The zero-order valence-corrected chi connectivity index (χ0v) is 15.0. The van der Waals surface area contributed by atoms with E-state index in [0.29, 0.717) is 17.9 Å². The summed E-state index contributed by atoms with van der Waals surface area (Å²) in [5.74, 6) is 0.0493. The molecule has 1 unspecified atom stereocenters. The van der Waals surface area contributed by atoms with Crippen molar-refractivity contribution in [3.8, 4) is 5.75 Å². The minimum atomic E-state index is -0.417. The molecule has 0 aromatic heterocycles. The molecule has 0 N–H and O–H groups in total. The van der Waals surface area contributed by atoms with Crippen molar-refractivity contribution in [2.24, 2.45) is 0 Å². The van der Waals surface area contributed by atoms with Crippen LogP contribution in [0.4, 0.5) is 0 Å². The number of Topliss-reactive ketones (excluding diaryl/α,β-unsaturated/α-hetero) is 1. The van der Waals surface area contributed by atoms with Crippen LogP contribution in [-0.4, -0.2) is 25.0 Å². The van der Waals surface area contributed by atoms with E-state index in [4.69, 9.17) is 9.47 Å². The number of hydrogen-bond acceptors (Lipinski definition) is 4. The maximum absolute atomic E-state index is 12.0. The number of hydrogen-bond donors (Lipinski definition) is 0. The first kappa shape index (κ1) is 18.2. The number of carbonyl (C=O) groups is 2. The predicted molar refractivity (Wildman–Crippen MR) is 95.6 cm³/mol. The Morgan fingerprint density at radius 3 is 2.33 bits per heavy atom. The summed E-state index contributed by atoms with van der Waals surface area (Å²) in [6.07, 6.45) is 0.167. The van der Waals surface area contributed by atoms with Crippen molar-refractivity contribution in [3.63, 3.8) is 0 Å². The van der Waals surface area contributed by atoms with Crippen LogP contribution in [0.25, 0.3) is 0 Å². The average molecular weight is 391 g/mol. The Morgan fingerprint density at radius 2 is 1.71 bits per heavy atom. The van der Waals surface area contributed by atoms with Crippen LogP contribution in [0, 0.1) is 0 Å². The van der Waals surface area contributed by atoms with Crippen molar-refractivity contribution in [2.45, 2.75) is 18.2 Å². The number of alkyl halides is 1. The first-order chi connectivity index (χ1) is 11.6. The molecular weight excluding hydrogens is 372 g/mol. The highest BCUT2D eigenvalue weighted by Crippen LogP contribution is 2.26. The molecule has 0 spiro atoms. The first-order valence-electron chi connectivity index (χ1n) is 7.71. The van der Waals surface area contributed by atoms with Gasteiger partial charge in [0, 0.05) is 10.4 Å². The quantitative estimate of drug-likeness (QED) is 0.382. The Kier molecular flexibility index (Phi) is 7.00. The molecule has 2 aromatic rings. The molecule has 0 amide bonds. The van der Waals surface area contributed by atoms with Crippen LogP contribution in [0.1, 0.15) is 34.1 Å². The van der Waals surface area contributed by atoms with Crippen LogP contribution in [0.5, 0.6) is 5.75 Å². The number of halogens is 1. The smallest absolute Gasteiger partial charge is 0.307 e. The maximum atomic E-state index is 12.0. The van der Waals surface area contributed by atoms with Gasteiger partial charge in [-0.3, -0.25) is 9.59 Å². The van der Waals surface area contributed by atoms with Crippen LogP contribution in [0.2, 0.25) is 0 Å². The molecule has 1 atom stereocenters. The zero-order chi connectivity index (χ0) is 17.4. The van der Waals surface area contributed by atoms with Crippen LogP contribution < -0.4 is 4.74 Å². The van der Waals surface area contributed by atoms with Gasteiger partial charge in [-0.15, -0.1) is 0 Å². The molecule has 4 nitrogen and oxygen atoms in total. The lowest BCUT2D eigenvalue weighted by molar-refractivity contribution is -0.142. The fourth-order valence-electron chi connectivity index (χ4n) is 2.12. The van der Waals surface area contributed by atoms with E-state index >= 15 is 0 Å². The van der Waals surface area contributed by atoms with Gasteiger partial charge in [0.05, 0.1) is 13.0 Å². The Hall–Kier alpha value is -2.14. The van der Waals surface area contributed by atoms with Crippen LogP contribution in [0.3, 0.4) is 0 Å². The van der Waals surface area contributed by atoms with E-state index < -0.39 is 5.97 Å². The SMILES string of the molecule is CCOc1ccc(C(=O)COC(=O)CC(Br)c2ccccc2)cc1. The molecule has 126 valence electrons. The van der Waals surface area contributed by atoms with Gasteiger partial charge >= 0.3 is 5.97 Å². The largest absolute Gasteiger partial charge is 0.494 e. The molecule has 2 aromatic carbocycles. The van der Waals surface area contributed by atoms with E-state index in [1.165, 1.54) is 0 Å². The second kappa shape index (κ2) is 9.23. The monoisotopic (exact) mass is 390 g/mol. The highest BCUT2D eigenvalue weighted by molar-refractivity contribution is 9.09. The summed E-state index contributed by atoms with van der Waals surface area (Å²) >= 11 is 3.46. The molecular formula is C19H19BrO4. The van der Waals surface area contributed by atoms with Crippen molar-refractivity contribution in [1.29, 1.82) is 0 Å². The fraction of sp³-hybridized carbons (Fsp3) is 0.263. The number of esters is 1. The molecule has 0 aliphatic carbocycles. The van der Waals surface area contributed by atoms with E-state index in [1.54, 1.807) is 24.3 Å². The summed E-state index contributed by atoms with van der Waals surface area (Å²) in [5.41, 5.74) is 1.48. The van der Waals surface area contributed by atoms with E-state index in [2.05, 4.69) is 15.9 Å². The Balaban J connectivity index is 1.81. The van der Waals surface area contributed by atoms with Crippen LogP contribution >= 0.6 is 15.9 Å². The summed E-state index contributed by atoms with van der Waals surface area (Å²) in [6.45, 7) is 2.20. The highest BCUT2D eigenvalue weighted by atomic mass is 79.9. The average Bonchev–Trinajstić information content (AvgIpc) is 2.61. The minimum Gasteiger partial charge on any atom is -0.494 e. The number of carbonyl (C=O) groups excluding carboxylic acids is 2. The molecule has 0 fully saturated rings. The Morgan fingerprint density at radius 1 is 1.04 bits per heavy atom. The summed E-state index contributed by atoms with van der Waals surface area (Å²) in [7, 11) is 0. The van der Waals surface area contributed by atoms with Gasteiger partial charge in [-0.1, -0.05) is 46.3 Å². The third kappa shape index (κ3) is 5.49. The zero-order valence-electron chi connectivity index (χ0n) is 13.4. The molecule has 2 rings (SSSR count). The standard InChI is InChI=1S/C19H19BrO4/c1-2-23-16-10-8-15(9-11-16)18(21)13-24-19(22)12-17(20)14-6-4-3-5-7-14/h3-11,17H,2,12-13H2,1H3. The Labute approximate surface area is 149 Å². The van der Waals surface area contributed by atoms with Gasteiger partial charge in [0.15, 0.2) is 12.4 Å². The van der Waals surface area contributed by atoms with Crippen molar-refractivity contribution in [3.05, 3.63) is 65.7 Å². The van der Waals surface area contributed by atoms with Gasteiger partial charge in [0.1, 0.15) is 5.75 Å². The van der Waals surface area contributed by atoms with Crippen molar-refractivity contribution >= 4 is 27.7 Å². The number of ketones is 1. The number of rotatable bonds is 8. The third-order valence-corrected chi connectivity index (χ3v) is 4.21. The van der Waals surface area contributed by atoms with Gasteiger partial charge in [-0.05, 0) is 36.8 Å². The molecule has 0 bridgehead atoms. The van der Waals surface area contributed by atoms with E-state index in [0.717, 1.165) is 5.56 Å². The maximum Gasteiger partial charge on any atom is 0.307 e. The molecule has 24 heavy (non-hydrogen) atoms. The van der Waals surface area contributed by atoms with Gasteiger partial charge in [0.25, 0.3) is 0 Å². The molecule has 0 saturated carbocycles. The summed E-state index contributed by atoms with van der Waals surface area (Å²) < 4.78 is 10.4. The van der Waals surface area contributed by atoms with E-state index in [1.807, 2.05) is 37.3 Å². The highest BCUT2D eigenvalue weighted by Gasteiger charge is 2.15. The van der Waals surface area contributed by atoms with Crippen molar-refractivity contribution < 1.29 is 19.1 Å². The molecule has 0 saturated heterocycles. The molecule has 5 heteroatoms. The lowest BCUT2D eigenvalue weighted by atomic mass is 10.1. The summed E-state index contributed by atoms with van der Waals surface area (Å²) in [4.78, 5) is 23.8. The minimum absolute atomic E-state index is 0.133. The van der Waals surface area contributed by atoms with Crippen LogP contribution in [-0.2, 0) is 9.53 Å². The number of ether oxygens (including phenoxy) is 2. The molecule has 0 radical (unpaired) electrons. The third-order valence-electron chi connectivity index (χ3n) is 3.36. The lowest BCUT2D eigenvalue weighted by Gasteiger charge is -2.10. The normalized spacial score (nSPS) is 11.6. The van der Waals surface area contributed by atoms with E-state index in [-0.39, 0.29) is 23.6 Å². The Bertz CT molecular complexity index is 668. The van der Waals surface area contributed by atoms with Crippen molar-refractivity contribution in [1.82, 2.24) is 0 Å². The number of benzene rings is 2. The lowest BCUT2D eigenvalue weighted by Crippen LogP contribution is -2.15. The topological polar surface area (TPSA) is 52.6 Å². The van der Waals surface area contributed by atoms with Crippen molar-refractivity contribution in [2.75, 3.05) is 13.2 Å². The summed E-state index contributed by atoms with van der Waals surface area (Å²) in [5, 5.41) is 0. The second-order valence-electron chi connectivity index (χ2n) is 5.12. The van der Waals surface area contributed by atoms with Crippen LogP contribution in [0.15, 0.2) is 54.6 Å². The van der Waals surface area contributed by atoms with Gasteiger partial charge in [0.2, 0.25) is 0 Å². The fourth-order valence-corrected chi connectivity index (χ4v) is 2.69.